The van der Waals surface area contributed by atoms with Gasteiger partial charge >= 0.3 is 0 Å². The number of nitrogens with one attached hydrogen (secondary N) is 1. The molecule has 4 rings (SSSR count). The van der Waals surface area contributed by atoms with Crippen LogP contribution in [-0.4, -0.2) is 28.9 Å². The molecular weight excluding hydrogens is 396 g/mol. The number of rotatable bonds is 4. The van der Waals surface area contributed by atoms with Gasteiger partial charge in [0.05, 0.1) is 17.1 Å². The van der Waals surface area contributed by atoms with E-state index < -0.39 is 0 Å². The summed E-state index contributed by atoms with van der Waals surface area (Å²) in [6.07, 6.45) is 0. The Morgan fingerprint density at radius 3 is 2.70 bits per heavy atom. The van der Waals surface area contributed by atoms with Gasteiger partial charge in [0.2, 0.25) is 4.80 Å². The second-order valence-electron chi connectivity index (χ2n) is 7.54. The van der Waals surface area contributed by atoms with Gasteiger partial charge in [0.1, 0.15) is 5.75 Å². The molecule has 7 heteroatoms. The lowest BCUT2D eigenvalue weighted by molar-refractivity contribution is -0.118. The molecule has 0 unspecified atom stereocenters. The first-order chi connectivity index (χ1) is 14.4. The van der Waals surface area contributed by atoms with Crippen LogP contribution < -0.4 is 14.9 Å². The number of hydrogen-bond acceptors (Lipinski definition) is 5. The normalized spacial score (nSPS) is 14.5. The number of carbonyl (C=O) groups excluding carboxylic acids is 1. The van der Waals surface area contributed by atoms with Gasteiger partial charge in [0.25, 0.3) is 5.91 Å². The highest BCUT2D eigenvalue weighted by atomic mass is 32.1. The SMILES string of the molecule is CC(=Nn1c(-c2ccc3c(c2)NC(=O)CO3)csc1=NC(C)C)c1ccc(C)cc1. The van der Waals surface area contributed by atoms with Gasteiger partial charge in [-0.15, -0.1) is 11.3 Å². The van der Waals surface area contributed by atoms with Crippen molar-refractivity contribution in [3.63, 3.8) is 0 Å². The van der Waals surface area contributed by atoms with Crippen molar-refractivity contribution in [3.05, 3.63) is 63.8 Å². The van der Waals surface area contributed by atoms with E-state index in [9.17, 15) is 4.79 Å². The fourth-order valence-electron chi connectivity index (χ4n) is 3.15. The summed E-state index contributed by atoms with van der Waals surface area (Å²) in [4.78, 5) is 17.3. The van der Waals surface area contributed by atoms with E-state index in [0.717, 1.165) is 27.3 Å². The highest BCUT2D eigenvalue weighted by Crippen LogP contribution is 2.33. The number of fused-ring (bicyclic) bond motifs is 1. The average molecular weight is 421 g/mol. The van der Waals surface area contributed by atoms with Crippen LogP contribution in [-0.2, 0) is 4.79 Å². The zero-order valence-corrected chi connectivity index (χ0v) is 18.3. The first-order valence-electron chi connectivity index (χ1n) is 9.85. The summed E-state index contributed by atoms with van der Waals surface area (Å²) in [6.45, 7) is 8.21. The molecular formula is C23H24N4O2S. The van der Waals surface area contributed by atoms with Crippen LogP contribution in [0.4, 0.5) is 5.69 Å². The van der Waals surface area contributed by atoms with Gasteiger partial charge in [-0.05, 0) is 51.5 Å². The van der Waals surface area contributed by atoms with E-state index in [2.05, 4.69) is 36.5 Å². The fraction of sp³-hybridized carbons (Fsp3) is 0.261. The average Bonchev–Trinajstić information content (AvgIpc) is 3.09. The summed E-state index contributed by atoms with van der Waals surface area (Å²) in [5.41, 5.74) is 5.68. The Morgan fingerprint density at radius 1 is 1.20 bits per heavy atom. The van der Waals surface area contributed by atoms with E-state index in [-0.39, 0.29) is 18.6 Å². The lowest BCUT2D eigenvalue weighted by Crippen LogP contribution is -2.25. The van der Waals surface area contributed by atoms with Crippen LogP contribution in [0, 0.1) is 6.92 Å². The van der Waals surface area contributed by atoms with Crippen molar-refractivity contribution in [1.29, 1.82) is 0 Å². The Balaban J connectivity index is 1.83. The number of aryl methyl sites for hydroxylation is 1. The highest BCUT2D eigenvalue weighted by molar-refractivity contribution is 7.07. The summed E-state index contributed by atoms with van der Waals surface area (Å²) >= 11 is 1.55. The van der Waals surface area contributed by atoms with E-state index in [1.165, 1.54) is 5.56 Å². The standard InChI is InChI=1S/C23H24N4O2S/c1-14(2)24-23-27(26-16(4)17-7-5-15(3)6-8-17)20(13-30-23)18-9-10-21-19(11-18)25-22(28)12-29-21/h5-11,13-14H,12H2,1-4H3,(H,25,28). The van der Waals surface area contributed by atoms with Gasteiger partial charge in [-0.3, -0.25) is 9.79 Å². The van der Waals surface area contributed by atoms with Gasteiger partial charge in [0, 0.05) is 17.0 Å². The van der Waals surface area contributed by atoms with Crippen molar-refractivity contribution in [2.75, 3.05) is 11.9 Å². The number of hydrogen-bond donors (Lipinski definition) is 1. The Bertz CT molecular complexity index is 1190. The number of benzene rings is 2. The Labute approximate surface area is 179 Å². The zero-order chi connectivity index (χ0) is 21.3. The minimum atomic E-state index is -0.151. The van der Waals surface area contributed by atoms with Gasteiger partial charge in [0.15, 0.2) is 6.61 Å². The molecule has 0 aliphatic carbocycles. The zero-order valence-electron chi connectivity index (χ0n) is 17.5. The van der Waals surface area contributed by atoms with E-state index in [1.54, 1.807) is 11.3 Å². The monoisotopic (exact) mass is 420 g/mol. The second kappa shape index (κ2) is 8.28. The summed E-state index contributed by atoms with van der Waals surface area (Å²) in [5.74, 6) is 0.521. The lowest BCUT2D eigenvalue weighted by Gasteiger charge is -2.18. The summed E-state index contributed by atoms with van der Waals surface area (Å²) in [6, 6.07) is 14.2. The Kier molecular flexibility index (Phi) is 5.55. The lowest BCUT2D eigenvalue weighted by atomic mass is 10.1. The van der Waals surface area contributed by atoms with E-state index in [1.807, 2.05) is 49.0 Å². The number of aromatic nitrogens is 1. The number of thiazole rings is 1. The maximum Gasteiger partial charge on any atom is 0.262 e. The smallest absolute Gasteiger partial charge is 0.262 e. The summed E-state index contributed by atoms with van der Waals surface area (Å²) in [7, 11) is 0. The molecule has 0 atom stereocenters. The first-order valence-corrected chi connectivity index (χ1v) is 10.7. The molecule has 0 bridgehead atoms. The van der Waals surface area contributed by atoms with Crippen LogP contribution >= 0.6 is 11.3 Å². The van der Waals surface area contributed by atoms with E-state index >= 15 is 0 Å². The van der Waals surface area contributed by atoms with Crippen LogP contribution in [0.1, 0.15) is 31.9 Å². The summed E-state index contributed by atoms with van der Waals surface area (Å²) < 4.78 is 7.37. The third-order valence-electron chi connectivity index (χ3n) is 4.68. The van der Waals surface area contributed by atoms with Gasteiger partial charge in [-0.2, -0.15) is 5.10 Å². The third kappa shape index (κ3) is 4.21. The van der Waals surface area contributed by atoms with Gasteiger partial charge in [-0.1, -0.05) is 29.8 Å². The molecule has 1 aliphatic rings. The van der Waals surface area contributed by atoms with Crippen LogP contribution in [0.3, 0.4) is 0 Å². The van der Waals surface area contributed by atoms with Crippen LogP contribution in [0.5, 0.6) is 5.75 Å². The molecule has 154 valence electrons. The van der Waals surface area contributed by atoms with Crippen molar-refractivity contribution in [2.45, 2.75) is 33.7 Å². The second-order valence-corrected chi connectivity index (χ2v) is 8.37. The van der Waals surface area contributed by atoms with Crippen LogP contribution in [0.25, 0.3) is 11.3 Å². The maximum absolute atomic E-state index is 11.7. The molecule has 0 saturated heterocycles. The van der Waals surface area contributed by atoms with Gasteiger partial charge < -0.3 is 10.1 Å². The molecule has 1 aliphatic heterocycles. The number of ether oxygens (including phenoxy) is 1. The molecule has 1 aromatic heterocycles. The van der Waals surface area contributed by atoms with Gasteiger partial charge in [-0.25, -0.2) is 4.68 Å². The minimum Gasteiger partial charge on any atom is -0.482 e. The molecule has 0 saturated carbocycles. The van der Waals surface area contributed by atoms with E-state index in [0.29, 0.717) is 11.4 Å². The first kappa shape index (κ1) is 20.1. The highest BCUT2D eigenvalue weighted by Gasteiger charge is 2.18. The van der Waals surface area contributed by atoms with E-state index in [4.69, 9.17) is 14.8 Å². The minimum absolute atomic E-state index is 0.0439. The van der Waals surface area contributed by atoms with Crippen LogP contribution in [0.2, 0.25) is 0 Å². The topological polar surface area (TPSA) is 68.0 Å². The molecule has 0 fully saturated rings. The van der Waals surface area contributed by atoms with Crippen molar-refractivity contribution in [2.24, 2.45) is 10.1 Å². The molecule has 0 spiro atoms. The molecule has 1 amide bonds. The number of amides is 1. The van der Waals surface area contributed by atoms with Crippen molar-refractivity contribution < 1.29 is 9.53 Å². The van der Waals surface area contributed by atoms with Crippen LogP contribution in [0.15, 0.2) is 57.9 Å². The molecule has 30 heavy (non-hydrogen) atoms. The third-order valence-corrected chi connectivity index (χ3v) is 5.51. The van der Waals surface area contributed by atoms with Crippen molar-refractivity contribution in [3.8, 4) is 17.0 Å². The quantitative estimate of drug-likeness (QED) is 0.634. The number of nitrogens with zero attached hydrogens (tertiary/aromatic N) is 3. The predicted octanol–water partition coefficient (Wildman–Crippen LogP) is 4.44. The summed E-state index contributed by atoms with van der Waals surface area (Å²) in [5, 5.41) is 9.82. The Morgan fingerprint density at radius 2 is 1.97 bits per heavy atom. The number of anilines is 1. The predicted molar refractivity (Wildman–Crippen MR) is 121 cm³/mol. The Hall–Kier alpha value is -3.19. The van der Waals surface area contributed by atoms with Crippen molar-refractivity contribution >= 4 is 28.6 Å². The molecule has 2 heterocycles. The molecule has 3 aromatic rings. The fourth-order valence-corrected chi connectivity index (χ4v) is 4.11. The molecule has 0 radical (unpaired) electrons. The molecule has 2 aromatic carbocycles. The number of carbonyl (C=O) groups is 1. The van der Waals surface area contributed by atoms with Crippen molar-refractivity contribution in [1.82, 2.24) is 4.68 Å². The largest absolute Gasteiger partial charge is 0.482 e. The molecule has 1 N–H and O–H groups in total. The molecule has 6 nitrogen and oxygen atoms in total. The maximum atomic E-state index is 11.7.